The largest absolute Gasteiger partial charge is 0.508 e. The Morgan fingerprint density at radius 1 is 0.629 bits per heavy atom. The molecule has 5 aromatic rings. The lowest BCUT2D eigenvalue weighted by molar-refractivity contribution is 0.167. The van der Waals surface area contributed by atoms with E-state index in [4.69, 9.17) is 0 Å². The van der Waals surface area contributed by atoms with Crippen LogP contribution in [0.5, 0.6) is 5.75 Å². The molecule has 0 fully saturated rings. The van der Waals surface area contributed by atoms with Crippen LogP contribution in [-0.2, 0) is 6.42 Å². The van der Waals surface area contributed by atoms with Crippen molar-refractivity contribution in [3.05, 3.63) is 150 Å². The standard InChI is InChI=1S/C33H31NO/c1-25(27-15-7-3-8-16-27)34(24-23-26-13-5-2-6-14-26)33(29-18-9-4-10-19-29)32-30-20-12-11-17-28(30)21-22-31(32)35/h2-22,25,33,35H,23-24H2,1H3/t25-,33-/m1/s1. The number of benzene rings is 5. The number of hydrogen-bond donors (Lipinski definition) is 1. The van der Waals surface area contributed by atoms with Crippen LogP contribution >= 0.6 is 0 Å². The summed E-state index contributed by atoms with van der Waals surface area (Å²) < 4.78 is 0. The number of rotatable bonds is 8. The molecule has 0 saturated heterocycles. The molecule has 0 aliphatic heterocycles. The Kier molecular flexibility index (Phi) is 6.92. The summed E-state index contributed by atoms with van der Waals surface area (Å²) in [6, 6.07) is 44.2. The monoisotopic (exact) mass is 457 g/mol. The van der Waals surface area contributed by atoms with Crippen molar-refractivity contribution in [1.82, 2.24) is 4.90 Å². The van der Waals surface area contributed by atoms with E-state index in [0.29, 0.717) is 5.75 Å². The van der Waals surface area contributed by atoms with Crippen molar-refractivity contribution in [2.45, 2.75) is 25.4 Å². The number of phenols is 1. The fourth-order valence-corrected chi connectivity index (χ4v) is 5.10. The molecule has 0 aliphatic carbocycles. The highest BCUT2D eigenvalue weighted by molar-refractivity contribution is 5.88. The Morgan fingerprint density at radius 3 is 1.89 bits per heavy atom. The normalized spacial score (nSPS) is 13.1. The Labute approximate surface area is 208 Å². The summed E-state index contributed by atoms with van der Waals surface area (Å²) in [7, 11) is 0. The predicted octanol–water partition coefficient (Wildman–Crippen LogP) is 7.94. The van der Waals surface area contributed by atoms with Gasteiger partial charge in [0.25, 0.3) is 0 Å². The zero-order valence-corrected chi connectivity index (χ0v) is 20.1. The minimum absolute atomic E-state index is 0.110. The number of phenolic OH excluding ortho intramolecular Hbond substituents is 1. The van der Waals surface area contributed by atoms with Gasteiger partial charge in [0.1, 0.15) is 5.75 Å². The Morgan fingerprint density at radius 2 is 1.20 bits per heavy atom. The summed E-state index contributed by atoms with van der Waals surface area (Å²) in [6.45, 7) is 3.13. The molecule has 2 atom stereocenters. The number of fused-ring (bicyclic) bond motifs is 1. The zero-order chi connectivity index (χ0) is 24.0. The molecule has 174 valence electrons. The third-order valence-electron chi connectivity index (χ3n) is 6.95. The average Bonchev–Trinajstić information content (AvgIpc) is 2.93. The van der Waals surface area contributed by atoms with Crippen molar-refractivity contribution in [2.75, 3.05) is 6.54 Å². The van der Waals surface area contributed by atoms with Crippen molar-refractivity contribution in [1.29, 1.82) is 0 Å². The SMILES string of the molecule is C[C@H](c1ccccc1)N(CCc1ccccc1)[C@H](c1ccccc1)c1c(O)ccc2ccccc12. The van der Waals surface area contributed by atoms with Crippen LogP contribution in [-0.4, -0.2) is 16.6 Å². The molecule has 0 heterocycles. The molecule has 0 saturated carbocycles. The minimum atomic E-state index is -0.110. The van der Waals surface area contributed by atoms with Crippen LogP contribution < -0.4 is 0 Å². The fourth-order valence-electron chi connectivity index (χ4n) is 5.10. The fraction of sp³-hybridized carbons (Fsp3) is 0.152. The molecule has 0 aromatic heterocycles. The molecule has 0 radical (unpaired) electrons. The van der Waals surface area contributed by atoms with E-state index >= 15 is 0 Å². The van der Waals surface area contributed by atoms with E-state index in [0.717, 1.165) is 29.3 Å². The topological polar surface area (TPSA) is 23.5 Å². The number of aromatic hydroxyl groups is 1. The van der Waals surface area contributed by atoms with E-state index < -0.39 is 0 Å². The highest BCUT2D eigenvalue weighted by Crippen LogP contribution is 2.42. The third kappa shape index (κ3) is 4.99. The van der Waals surface area contributed by atoms with Crippen LogP contribution in [0.1, 0.15) is 41.3 Å². The molecule has 1 N–H and O–H groups in total. The zero-order valence-electron chi connectivity index (χ0n) is 20.1. The van der Waals surface area contributed by atoms with Gasteiger partial charge in [-0.3, -0.25) is 4.90 Å². The van der Waals surface area contributed by atoms with Gasteiger partial charge in [0.2, 0.25) is 0 Å². The first-order valence-electron chi connectivity index (χ1n) is 12.3. The van der Waals surface area contributed by atoms with Crippen LogP contribution in [0.3, 0.4) is 0 Å². The van der Waals surface area contributed by atoms with Gasteiger partial charge in [-0.15, -0.1) is 0 Å². The van der Waals surface area contributed by atoms with E-state index in [1.54, 1.807) is 0 Å². The smallest absolute Gasteiger partial charge is 0.121 e. The lowest BCUT2D eigenvalue weighted by Crippen LogP contribution is -2.34. The van der Waals surface area contributed by atoms with E-state index in [2.05, 4.69) is 127 Å². The Bertz CT molecular complexity index is 1370. The highest BCUT2D eigenvalue weighted by atomic mass is 16.3. The minimum Gasteiger partial charge on any atom is -0.508 e. The summed E-state index contributed by atoms with van der Waals surface area (Å²) in [6.07, 6.45) is 0.923. The summed E-state index contributed by atoms with van der Waals surface area (Å²) in [5, 5.41) is 13.5. The second kappa shape index (κ2) is 10.6. The predicted molar refractivity (Wildman–Crippen MR) is 146 cm³/mol. The van der Waals surface area contributed by atoms with Gasteiger partial charge in [0, 0.05) is 18.2 Å². The summed E-state index contributed by atoms with van der Waals surface area (Å²) >= 11 is 0. The summed E-state index contributed by atoms with van der Waals surface area (Å²) in [4.78, 5) is 2.54. The van der Waals surface area contributed by atoms with Gasteiger partial charge in [0.15, 0.2) is 0 Å². The van der Waals surface area contributed by atoms with Crippen molar-refractivity contribution < 1.29 is 5.11 Å². The van der Waals surface area contributed by atoms with Crippen LogP contribution in [0.25, 0.3) is 10.8 Å². The van der Waals surface area contributed by atoms with Crippen molar-refractivity contribution >= 4 is 10.8 Å². The molecular weight excluding hydrogens is 426 g/mol. The molecule has 5 rings (SSSR count). The lowest BCUT2D eigenvalue weighted by atomic mass is 9.89. The maximum absolute atomic E-state index is 11.3. The third-order valence-corrected chi connectivity index (χ3v) is 6.95. The molecule has 0 spiro atoms. The van der Waals surface area contributed by atoms with E-state index in [-0.39, 0.29) is 12.1 Å². The van der Waals surface area contributed by atoms with Gasteiger partial charge in [-0.25, -0.2) is 0 Å². The highest BCUT2D eigenvalue weighted by Gasteiger charge is 2.30. The van der Waals surface area contributed by atoms with Gasteiger partial charge in [-0.2, -0.15) is 0 Å². The molecule has 2 heteroatoms. The maximum Gasteiger partial charge on any atom is 0.121 e. The second-order valence-electron chi connectivity index (χ2n) is 9.09. The first kappa shape index (κ1) is 22.9. The van der Waals surface area contributed by atoms with Crippen LogP contribution in [0.4, 0.5) is 0 Å². The molecule has 0 amide bonds. The summed E-state index contributed by atoms with van der Waals surface area (Å²) in [5.74, 6) is 0.336. The van der Waals surface area contributed by atoms with Crippen molar-refractivity contribution in [3.8, 4) is 5.75 Å². The average molecular weight is 458 g/mol. The first-order chi connectivity index (χ1) is 17.2. The second-order valence-corrected chi connectivity index (χ2v) is 9.09. The molecule has 35 heavy (non-hydrogen) atoms. The van der Waals surface area contributed by atoms with Gasteiger partial charge in [-0.05, 0) is 46.9 Å². The van der Waals surface area contributed by atoms with E-state index in [9.17, 15) is 5.11 Å². The molecular formula is C33H31NO. The van der Waals surface area contributed by atoms with Gasteiger partial charge >= 0.3 is 0 Å². The van der Waals surface area contributed by atoms with Crippen molar-refractivity contribution in [3.63, 3.8) is 0 Å². The lowest BCUT2D eigenvalue weighted by Gasteiger charge is -2.38. The van der Waals surface area contributed by atoms with Crippen LogP contribution in [0, 0.1) is 0 Å². The van der Waals surface area contributed by atoms with Gasteiger partial charge < -0.3 is 5.11 Å². The van der Waals surface area contributed by atoms with Crippen molar-refractivity contribution in [2.24, 2.45) is 0 Å². The summed E-state index contributed by atoms with van der Waals surface area (Å²) in [5.41, 5.74) is 4.72. The molecule has 0 unspecified atom stereocenters. The van der Waals surface area contributed by atoms with E-state index in [1.807, 2.05) is 12.1 Å². The van der Waals surface area contributed by atoms with Crippen LogP contribution in [0.2, 0.25) is 0 Å². The maximum atomic E-state index is 11.3. The molecule has 5 aromatic carbocycles. The molecule has 0 aliphatic rings. The van der Waals surface area contributed by atoms with Crippen LogP contribution in [0.15, 0.2) is 127 Å². The van der Waals surface area contributed by atoms with Gasteiger partial charge in [0.05, 0.1) is 6.04 Å². The Hall–Kier alpha value is -3.88. The first-order valence-corrected chi connectivity index (χ1v) is 12.3. The molecule has 2 nitrogen and oxygen atoms in total. The van der Waals surface area contributed by atoms with E-state index in [1.165, 1.54) is 16.7 Å². The quantitative estimate of drug-likeness (QED) is 0.256. The van der Waals surface area contributed by atoms with Gasteiger partial charge in [-0.1, -0.05) is 121 Å². The molecule has 0 bridgehead atoms. The number of hydrogen-bond acceptors (Lipinski definition) is 2. The Balaban J connectivity index is 1.68. The number of nitrogens with zero attached hydrogens (tertiary/aromatic N) is 1.